The van der Waals surface area contributed by atoms with E-state index in [-0.39, 0.29) is 11.9 Å². The molecule has 1 unspecified atom stereocenters. The minimum absolute atomic E-state index is 0.00384. The smallest absolute Gasteiger partial charge is 0.247 e. The van der Waals surface area contributed by atoms with E-state index in [4.69, 9.17) is 4.42 Å². The van der Waals surface area contributed by atoms with Gasteiger partial charge in [-0.25, -0.2) is 4.39 Å². The molecule has 0 bridgehead atoms. The lowest BCUT2D eigenvalue weighted by Gasteiger charge is -2.07. The van der Waals surface area contributed by atoms with Crippen LogP contribution in [0, 0.1) is 12.7 Å². The standard InChI is InChI=1S/C14H18FN3O/c1-4-5-16-10(3)13-17-18-14(19-13)11-6-9(2)7-12(15)8-11/h6-8,10,16H,4-5H2,1-3H3. The summed E-state index contributed by atoms with van der Waals surface area (Å²) in [6, 6.07) is 4.68. The van der Waals surface area contributed by atoms with Crippen molar-refractivity contribution in [1.82, 2.24) is 15.5 Å². The first-order chi connectivity index (χ1) is 9.10. The third-order valence-corrected chi connectivity index (χ3v) is 2.80. The van der Waals surface area contributed by atoms with Crippen molar-refractivity contribution in [2.45, 2.75) is 33.2 Å². The second kappa shape index (κ2) is 5.93. The van der Waals surface area contributed by atoms with Gasteiger partial charge >= 0.3 is 0 Å². The zero-order valence-corrected chi connectivity index (χ0v) is 11.4. The summed E-state index contributed by atoms with van der Waals surface area (Å²) in [5.41, 5.74) is 1.44. The minimum Gasteiger partial charge on any atom is -0.419 e. The Labute approximate surface area is 112 Å². The Kier molecular flexibility index (Phi) is 4.27. The highest BCUT2D eigenvalue weighted by atomic mass is 19.1. The summed E-state index contributed by atoms with van der Waals surface area (Å²) in [6.07, 6.45) is 1.04. The van der Waals surface area contributed by atoms with Crippen LogP contribution >= 0.6 is 0 Å². The van der Waals surface area contributed by atoms with Crippen LogP contribution in [0.4, 0.5) is 4.39 Å². The van der Waals surface area contributed by atoms with Crippen LogP contribution in [0.15, 0.2) is 22.6 Å². The molecule has 1 aromatic heterocycles. The topological polar surface area (TPSA) is 51.0 Å². The Morgan fingerprint density at radius 3 is 2.79 bits per heavy atom. The molecule has 0 aliphatic heterocycles. The predicted molar refractivity (Wildman–Crippen MR) is 71.1 cm³/mol. The van der Waals surface area contributed by atoms with Crippen molar-refractivity contribution in [2.24, 2.45) is 0 Å². The van der Waals surface area contributed by atoms with Gasteiger partial charge in [0.25, 0.3) is 0 Å². The van der Waals surface area contributed by atoms with Crippen LogP contribution in [0.3, 0.4) is 0 Å². The lowest BCUT2D eigenvalue weighted by Crippen LogP contribution is -2.19. The quantitative estimate of drug-likeness (QED) is 0.899. The fraction of sp³-hybridized carbons (Fsp3) is 0.429. The SMILES string of the molecule is CCCNC(C)c1nnc(-c2cc(C)cc(F)c2)o1. The number of hydrogen-bond acceptors (Lipinski definition) is 4. The number of hydrogen-bond donors (Lipinski definition) is 1. The van der Waals surface area contributed by atoms with Crippen LogP contribution in [0.2, 0.25) is 0 Å². The highest BCUT2D eigenvalue weighted by Crippen LogP contribution is 2.22. The van der Waals surface area contributed by atoms with E-state index in [2.05, 4.69) is 22.4 Å². The van der Waals surface area contributed by atoms with Crippen molar-refractivity contribution in [3.63, 3.8) is 0 Å². The molecule has 0 radical (unpaired) electrons. The van der Waals surface area contributed by atoms with Gasteiger partial charge in [-0.05, 0) is 50.6 Å². The van der Waals surface area contributed by atoms with Gasteiger partial charge in [0, 0.05) is 5.56 Å². The number of aryl methyl sites for hydroxylation is 1. The van der Waals surface area contributed by atoms with Crippen molar-refractivity contribution in [2.75, 3.05) is 6.54 Å². The van der Waals surface area contributed by atoms with Crippen molar-refractivity contribution in [3.05, 3.63) is 35.5 Å². The molecule has 1 N–H and O–H groups in total. The summed E-state index contributed by atoms with van der Waals surface area (Å²) in [6.45, 7) is 6.77. The Bertz CT molecular complexity index is 533. The van der Waals surface area contributed by atoms with Crippen LogP contribution in [-0.4, -0.2) is 16.7 Å². The number of nitrogens with one attached hydrogen (secondary N) is 1. The van der Waals surface area contributed by atoms with Crippen molar-refractivity contribution < 1.29 is 8.81 Å². The first kappa shape index (κ1) is 13.7. The van der Waals surface area contributed by atoms with Crippen LogP contribution in [0.1, 0.15) is 37.8 Å². The second-order valence-electron chi connectivity index (χ2n) is 4.64. The molecule has 0 saturated heterocycles. The summed E-state index contributed by atoms with van der Waals surface area (Å²) in [7, 11) is 0. The second-order valence-corrected chi connectivity index (χ2v) is 4.64. The largest absolute Gasteiger partial charge is 0.419 e. The highest BCUT2D eigenvalue weighted by molar-refractivity contribution is 5.53. The maximum atomic E-state index is 13.3. The maximum absolute atomic E-state index is 13.3. The number of halogens is 1. The van der Waals surface area contributed by atoms with Gasteiger partial charge in [0.2, 0.25) is 11.8 Å². The van der Waals surface area contributed by atoms with E-state index < -0.39 is 0 Å². The molecule has 0 saturated carbocycles. The molecule has 5 heteroatoms. The van der Waals surface area contributed by atoms with Crippen LogP contribution in [0.5, 0.6) is 0 Å². The summed E-state index contributed by atoms with van der Waals surface area (Å²) in [5, 5.41) is 11.2. The van der Waals surface area contributed by atoms with Gasteiger partial charge in [-0.3, -0.25) is 0 Å². The lowest BCUT2D eigenvalue weighted by atomic mass is 10.1. The molecule has 0 spiro atoms. The zero-order chi connectivity index (χ0) is 13.8. The van der Waals surface area contributed by atoms with E-state index in [1.54, 1.807) is 0 Å². The minimum atomic E-state index is -0.299. The average molecular weight is 263 g/mol. The van der Waals surface area contributed by atoms with Gasteiger partial charge in [-0.2, -0.15) is 0 Å². The van der Waals surface area contributed by atoms with E-state index in [9.17, 15) is 4.39 Å². The molecule has 1 aromatic carbocycles. The normalized spacial score (nSPS) is 12.6. The fourth-order valence-corrected chi connectivity index (χ4v) is 1.83. The number of aromatic nitrogens is 2. The predicted octanol–water partition coefficient (Wildman–Crippen LogP) is 3.24. The maximum Gasteiger partial charge on any atom is 0.247 e. The molecular weight excluding hydrogens is 245 g/mol. The van der Waals surface area contributed by atoms with Crippen LogP contribution in [0.25, 0.3) is 11.5 Å². The van der Waals surface area contributed by atoms with Gasteiger partial charge in [0.05, 0.1) is 6.04 Å². The molecule has 0 aliphatic carbocycles. The highest BCUT2D eigenvalue weighted by Gasteiger charge is 2.14. The summed E-state index contributed by atoms with van der Waals surface area (Å²) in [5.74, 6) is 0.569. The van der Waals surface area contributed by atoms with Gasteiger partial charge < -0.3 is 9.73 Å². The first-order valence-electron chi connectivity index (χ1n) is 6.44. The van der Waals surface area contributed by atoms with Crippen molar-refractivity contribution in [1.29, 1.82) is 0 Å². The fourth-order valence-electron chi connectivity index (χ4n) is 1.83. The molecule has 1 atom stereocenters. The van der Waals surface area contributed by atoms with Crippen LogP contribution < -0.4 is 5.32 Å². The van der Waals surface area contributed by atoms with E-state index in [1.165, 1.54) is 12.1 Å². The first-order valence-corrected chi connectivity index (χ1v) is 6.44. The van der Waals surface area contributed by atoms with E-state index in [1.807, 2.05) is 19.9 Å². The molecule has 0 fully saturated rings. The summed E-state index contributed by atoms with van der Waals surface area (Å²) in [4.78, 5) is 0. The summed E-state index contributed by atoms with van der Waals surface area (Å²) >= 11 is 0. The van der Waals surface area contributed by atoms with Gasteiger partial charge in [0.1, 0.15) is 5.82 Å². The van der Waals surface area contributed by atoms with Gasteiger partial charge in [-0.15, -0.1) is 10.2 Å². The van der Waals surface area contributed by atoms with Gasteiger partial charge in [0.15, 0.2) is 0 Å². The third kappa shape index (κ3) is 3.38. The third-order valence-electron chi connectivity index (χ3n) is 2.80. The molecular formula is C14H18FN3O. The Morgan fingerprint density at radius 1 is 1.32 bits per heavy atom. The van der Waals surface area contributed by atoms with E-state index in [0.717, 1.165) is 18.5 Å². The van der Waals surface area contributed by atoms with Crippen LogP contribution in [-0.2, 0) is 0 Å². The van der Waals surface area contributed by atoms with Gasteiger partial charge in [-0.1, -0.05) is 6.92 Å². The van der Waals surface area contributed by atoms with E-state index in [0.29, 0.717) is 17.3 Å². The molecule has 2 aromatic rings. The number of nitrogens with zero attached hydrogens (tertiary/aromatic N) is 2. The van der Waals surface area contributed by atoms with E-state index >= 15 is 0 Å². The monoisotopic (exact) mass is 263 g/mol. The van der Waals surface area contributed by atoms with Crippen molar-refractivity contribution >= 4 is 0 Å². The molecule has 0 amide bonds. The summed E-state index contributed by atoms with van der Waals surface area (Å²) < 4.78 is 18.9. The van der Waals surface area contributed by atoms with Crippen molar-refractivity contribution in [3.8, 4) is 11.5 Å². The molecule has 4 nitrogen and oxygen atoms in total. The Morgan fingerprint density at radius 2 is 2.11 bits per heavy atom. The molecule has 1 heterocycles. The molecule has 19 heavy (non-hydrogen) atoms. The molecule has 2 rings (SSSR count). The molecule has 0 aliphatic rings. The lowest BCUT2D eigenvalue weighted by molar-refractivity contribution is 0.423. The Balaban J connectivity index is 2.20. The number of benzene rings is 1. The number of rotatable bonds is 5. The zero-order valence-electron chi connectivity index (χ0n) is 11.4. The molecule has 102 valence electrons. The average Bonchev–Trinajstić information content (AvgIpc) is 2.84. The Hall–Kier alpha value is -1.75.